The molecule has 0 amide bonds. The number of carbonyl (C=O) groups is 1. The molecular formula is C15H15NO2. The van der Waals surface area contributed by atoms with Gasteiger partial charge in [-0.3, -0.25) is 4.79 Å². The summed E-state index contributed by atoms with van der Waals surface area (Å²) in [7, 11) is 0. The normalized spacial score (nSPS) is 10.3. The summed E-state index contributed by atoms with van der Waals surface area (Å²) >= 11 is 0. The molecule has 0 saturated heterocycles. The van der Waals surface area contributed by atoms with Crippen LogP contribution in [-0.2, 0) is 6.42 Å². The number of phenolic OH excluding ortho intramolecular Hbond substituents is 1. The molecule has 3 N–H and O–H groups in total. The van der Waals surface area contributed by atoms with Gasteiger partial charge in [0.1, 0.15) is 5.75 Å². The van der Waals surface area contributed by atoms with Crippen molar-refractivity contribution in [1.29, 1.82) is 0 Å². The average molecular weight is 241 g/mol. The van der Waals surface area contributed by atoms with Crippen molar-refractivity contribution in [3.63, 3.8) is 0 Å². The smallest absolute Gasteiger partial charge is 0.196 e. The van der Waals surface area contributed by atoms with Gasteiger partial charge in [-0.25, -0.2) is 0 Å². The second-order valence-corrected chi connectivity index (χ2v) is 4.13. The van der Waals surface area contributed by atoms with Crippen molar-refractivity contribution in [2.45, 2.75) is 13.3 Å². The third-order valence-electron chi connectivity index (χ3n) is 2.89. The van der Waals surface area contributed by atoms with E-state index in [1.807, 2.05) is 13.0 Å². The maximum atomic E-state index is 12.3. The van der Waals surface area contributed by atoms with E-state index in [-0.39, 0.29) is 22.8 Å². The number of hydrogen-bond acceptors (Lipinski definition) is 3. The molecule has 0 fully saturated rings. The Balaban J connectivity index is 2.51. The summed E-state index contributed by atoms with van der Waals surface area (Å²) in [4.78, 5) is 12.3. The minimum atomic E-state index is -0.213. The molecule has 0 radical (unpaired) electrons. The molecule has 0 spiro atoms. The first kappa shape index (κ1) is 12.2. The summed E-state index contributed by atoms with van der Waals surface area (Å²) in [5.74, 6) is -0.351. The Bertz CT molecular complexity index is 577. The zero-order chi connectivity index (χ0) is 13.1. The molecule has 0 aromatic heterocycles. The summed E-state index contributed by atoms with van der Waals surface area (Å²) in [6, 6.07) is 12.2. The Morgan fingerprint density at radius 1 is 1.22 bits per heavy atom. The van der Waals surface area contributed by atoms with Crippen LogP contribution in [0, 0.1) is 0 Å². The van der Waals surface area contributed by atoms with Crippen LogP contribution in [0.3, 0.4) is 0 Å². The highest BCUT2D eigenvalue weighted by Gasteiger charge is 2.16. The summed E-state index contributed by atoms with van der Waals surface area (Å²) in [6.45, 7) is 1.97. The van der Waals surface area contributed by atoms with Gasteiger partial charge >= 0.3 is 0 Å². The Morgan fingerprint density at radius 2 is 1.89 bits per heavy atom. The van der Waals surface area contributed by atoms with Crippen molar-refractivity contribution in [1.82, 2.24) is 0 Å². The number of nitrogen functional groups attached to an aromatic ring is 1. The van der Waals surface area contributed by atoms with Gasteiger partial charge in [0.05, 0.1) is 11.3 Å². The van der Waals surface area contributed by atoms with Crippen molar-refractivity contribution in [2.24, 2.45) is 0 Å². The lowest BCUT2D eigenvalue weighted by Crippen LogP contribution is -2.04. The summed E-state index contributed by atoms with van der Waals surface area (Å²) in [6.07, 6.45) is 0.763. The molecule has 0 aliphatic heterocycles. The van der Waals surface area contributed by atoms with Gasteiger partial charge in [0.15, 0.2) is 5.78 Å². The van der Waals surface area contributed by atoms with E-state index in [4.69, 9.17) is 5.73 Å². The number of phenols is 1. The Hall–Kier alpha value is -2.29. The lowest BCUT2D eigenvalue weighted by Gasteiger charge is -2.09. The van der Waals surface area contributed by atoms with E-state index in [9.17, 15) is 9.90 Å². The molecule has 0 unspecified atom stereocenters. The molecule has 0 bridgehead atoms. The molecule has 2 aromatic carbocycles. The maximum absolute atomic E-state index is 12.3. The Morgan fingerprint density at radius 3 is 2.50 bits per heavy atom. The molecular weight excluding hydrogens is 226 g/mol. The fourth-order valence-corrected chi connectivity index (χ4v) is 1.84. The predicted molar refractivity (Wildman–Crippen MR) is 71.8 cm³/mol. The lowest BCUT2D eigenvalue weighted by molar-refractivity contribution is 0.103. The van der Waals surface area contributed by atoms with Gasteiger partial charge in [0, 0.05) is 5.56 Å². The van der Waals surface area contributed by atoms with Crippen LogP contribution in [0.25, 0.3) is 0 Å². The highest BCUT2D eigenvalue weighted by atomic mass is 16.3. The molecule has 0 atom stereocenters. The fourth-order valence-electron chi connectivity index (χ4n) is 1.84. The first-order chi connectivity index (χ1) is 8.63. The first-order valence-corrected chi connectivity index (χ1v) is 5.84. The van der Waals surface area contributed by atoms with Gasteiger partial charge in [-0.1, -0.05) is 37.3 Å². The summed E-state index contributed by atoms with van der Waals surface area (Å²) in [5.41, 5.74) is 7.69. The molecule has 0 heterocycles. The van der Waals surface area contributed by atoms with Crippen LogP contribution in [0.1, 0.15) is 28.4 Å². The Kier molecular flexibility index (Phi) is 3.33. The van der Waals surface area contributed by atoms with Crippen LogP contribution < -0.4 is 5.73 Å². The van der Waals surface area contributed by atoms with Crippen molar-refractivity contribution in [2.75, 3.05) is 5.73 Å². The number of aromatic hydroxyl groups is 1. The van der Waals surface area contributed by atoms with Crippen molar-refractivity contribution in [3.8, 4) is 5.75 Å². The van der Waals surface area contributed by atoms with Crippen LogP contribution in [0.5, 0.6) is 5.75 Å². The molecule has 0 saturated carbocycles. The summed E-state index contributed by atoms with van der Waals surface area (Å²) in [5, 5.41) is 9.90. The molecule has 3 heteroatoms. The number of anilines is 1. The average Bonchev–Trinajstić information content (AvgIpc) is 2.42. The maximum Gasteiger partial charge on any atom is 0.196 e. The van der Waals surface area contributed by atoms with Crippen molar-refractivity contribution in [3.05, 3.63) is 59.2 Å². The largest absolute Gasteiger partial charge is 0.505 e. The second kappa shape index (κ2) is 4.92. The number of aryl methyl sites for hydroxylation is 1. The minimum absolute atomic E-state index is 0.138. The van der Waals surface area contributed by atoms with Crippen LogP contribution in [0.15, 0.2) is 42.5 Å². The van der Waals surface area contributed by atoms with Gasteiger partial charge < -0.3 is 10.8 Å². The highest BCUT2D eigenvalue weighted by Crippen LogP contribution is 2.29. The highest BCUT2D eigenvalue weighted by molar-refractivity contribution is 6.11. The first-order valence-electron chi connectivity index (χ1n) is 5.84. The fraction of sp³-hybridized carbons (Fsp3) is 0.133. The van der Waals surface area contributed by atoms with Gasteiger partial charge in [0.2, 0.25) is 0 Å². The predicted octanol–water partition coefficient (Wildman–Crippen LogP) is 2.77. The number of nitrogens with two attached hydrogens (primary N) is 1. The zero-order valence-corrected chi connectivity index (χ0v) is 10.2. The van der Waals surface area contributed by atoms with E-state index in [1.54, 1.807) is 36.4 Å². The quantitative estimate of drug-likeness (QED) is 0.493. The van der Waals surface area contributed by atoms with E-state index < -0.39 is 0 Å². The third kappa shape index (κ3) is 2.20. The lowest BCUT2D eigenvalue weighted by atomic mass is 9.98. The molecule has 92 valence electrons. The molecule has 2 aromatic rings. The molecule has 18 heavy (non-hydrogen) atoms. The standard InChI is InChI=1S/C15H15NO2/c1-2-10-8-12(15(18)13(16)9-10)14(17)11-6-4-3-5-7-11/h3-9,18H,2,16H2,1H3. The van der Waals surface area contributed by atoms with Crippen LogP contribution in [0.4, 0.5) is 5.69 Å². The molecule has 0 aliphatic carbocycles. The van der Waals surface area contributed by atoms with Crippen LogP contribution in [-0.4, -0.2) is 10.9 Å². The zero-order valence-electron chi connectivity index (χ0n) is 10.2. The van der Waals surface area contributed by atoms with Crippen LogP contribution >= 0.6 is 0 Å². The monoisotopic (exact) mass is 241 g/mol. The minimum Gasteiger partial charge on any atom is -0.505 e. The number of rotatable bonds is 3. The molecule has 0 aliphatic rings. The number of carbonyl (C=O) groups excluding carboxylic acids is 1. The van der Waals surface area contributed by atoms with E-state index in [0.717, 1.165) is 12.0 Å². The SMILES string of the molecule is CCc1cc(N)c(O)c(C(=O)c2ccccc2)c1. The van der Waals surface area contributed by atoms with E-state index in [2.05, 4.69) is 0 Å². The molecule has 3 nitrogen and oxygen atoms in total. The molecule has 2 rings (SSSR count). The van der Waals surface area contributed by atoms with Gasteiger partial charge in [-0.2, -0.15) is 0 Å². The Labute approximate surface area is 106 Å². The van der Waals surface area contributed by atoms with Gasteiger partial charge in [-0.05, 0) is 24.1 Å². The summed E-state index contributed by atoms with van der Waals surface area (Å²) < 4.78 is 0. The number of ketones is 1. The van der Waals surface area contributed by atoms with E-state index in [1.165, 1.54) is 0 Å². The van der Waals surface area contributed by atoms with Crippen LogP contribution in [0.2, 0.25) is 0 Å². The second-order valence-electron chi connectivity index (χ2n) is 4.13. The third-order valence-corrected chi connectivity index (χ3v) is 2.89. The van der Waals surface area contributed by atoms with Crippen molar-refractivity contribution < 1.29 is 9.90 Å². The van der Waals surface area contributed by atoms with Gasteiger partial charge in [-0.15, -0.1) is 0 Å². The number of hydrogen-bond donors (Lipinski definition) is 2. The van der Waals surface area contributed by atoms with E-state index in [0.29, 0.717) is 5.56 Å². The number of benzene rings is 2. The van der Waals surface area contributed by atoms with Gasteiger partial charge in [0.25, 0.3) is 0 Å². The topological polar surface area (TPSA) is 63.3 Å². The van der Waals surface area contributed by atoms with E-state index >= 15 is 0 Å². The van der Waals surface area contributed by atoms with Crippen molar-refractivity contribution >= 4 is 11.5 Å².